The Bertz CT molecular complexity index is 223. The van der Waals surface area contributed by atoms with E-state index in [0.29, 0.717) is 6.04 Å². The molecule has 14 heavy (non-hydrogen) atoms. The number of guanidine groups is 1. The maximum absolute atomic E-state index is 5.93. The van der Waals surface area contributed by atoms with Gasteiger partial charge in [-0.05, 0) is 31.6 Å². The summed E-state index contributed by atoms with van der Waals surface area (Å²) in [5, 5.41) is 0. The molecule has 0 aromatic heterocycles. The van der Waals surface area contributed by atoms with Crippen LogP contribution in [0, 0.1) is 5.92 Å². The topological polar surface area (TPSA) is 41.6 Å². The molecule has 0 amide bonds. The lowest BCUT2D eigenvalue weighted by molar-refractivity contribution is 0.118. The van der Waals surface area contributed by atoms with Crippen molar-refractivity contribution in [2.45, 2.75) is 44.6 Å². The summed E-state index contributed by atoms with van der Waals surface area (Å²) < 4.78 is 0. The fourth-order valence-electron chi connectivity index (χ4n) is 3.04. The van der Waals surface area contributed by atoms with E-state index in [2.05, 4.69) is 9.89 Å². The highest BCUT2D eigenvalue weighted by molar-refractivity contribution is 5.78. The number of likely N-dealkylation sites (tertiary alicyclic amines) is 1. The molecule has 0 aromatic carbocycles. The van der Waals surface area contributed by atoms with Gasteiger partial charge in [0.2, 0.25) is 0 Å². The summed E-state index contributed by atoms with van der Waals surface area (Å²) in [4.78, 5) is 6.46. The third kappa shape index (κ3) is 1.72. The normalized spacial score (nSPS) is 34.1. The lowest BCUT2D eigenvalue weighted by Gasteiger charge is -2.44. The molecule has 2 aliphatic rings. The smallest absolute Gasteiger partial charge is 0.191 e. The van der Waals surface area contributed by atoms with Gasteiger partial charge in [-0.1, -0.05) is 12.8 Å². The van der Waals surface area contributed by atoms with Crippen LogP contribution in [-0.4, -0.2) is 30.5 Å². The lowest BCUT2D eigenvalue weighted by Crippen LogP contribution is -2.52. The van der Waals surface area contributed by atoms with E-state index in [0.717, 1.165) is 18.4 Å². The summed E-state index contributed by atoms with van der Waals surface area (Å²) in [6.07, 6.45) is 8.20. The highest BCUT2D eigenvalue weighted by Gasteiger charge is 2.33. The van der Waals surface area contributed by atoms with Crippen molar-refractivity contribution >= 4 is 5.96 Å². The molecule has 3 nitrogen and oxygen atoms in total. The van der Waals surface area contributed by atoms with Gasteiger partial charge in [0.15, 0.2) is 5.96 Å². The molecule has 1 heterocycles. The van der Waals surface area contributed by atoms with Gasteiger partial charge in [-0.25, -0.2) is 0 Å². The number of fused-ring (bicyclic) bond motifs is 1. The van der Waals surface area contributed by atoms with Crippen molar-refractivity contribution in [3.05, 3.63) is 0 Å². The van der Waals surface area contributed by atoms with E-state index in [4.69, 9.17) is 5.73 Å². The molecular formula is C11H21N3. The number of aliphatic imine (C=N–C) groups is 1. The predicted octanol–water partition coefficient (Wildman–Crippen LogP) is 1.59. The monoisotopic (exact) mass is 195 g/mol. The lowest BCUT2D eigenvalue weighted by atomic mass is 9.78. The second-order valence-electron chi connectivity index (χ2n) is 4.53. The van der Waals surface area contributed by atoms with E-state index in [1.165, 1.54) is 38.5 Å². The molecule has 2 fully saturated rings. The van der Waals surface area contributed by atoms with Crippen LogP contribution in [0.2, 0.25) is 0 Å². The first-order valence-corrected chi connectivity index (χ1v) is 5.82. The highest BCUT2D eigenvalue weighted by Crippen LogP contribution is 2.34. The highest BCUT2D eigenvalue weighted by atomic mass is 15.3. The molecule has 3 heteroatoms. The number of rotatable bonds is 0. The molecule has 0 bridgehead atoms. The average molecular weight is 195 g/mol. The van der Waals surface area contributed by atoms with Gasteiger partial charge >= 0.3 is 0 Å². The van der Waals surface area contributed by atoms with Crippen molar-refractivity contribution in [1.82, 2.24) is 4.90 Å². The number of piperidine rings is 1. The summed E-state index contributed by atoms with van der Waals surface area (Å²) >= 11 is 0. The van der Waals surface area contributed by atoms with Crippen molar-refractivity contribution < 1.29 is 0 Å². The van der Waals surface area contributed by atoms with Gasteiger partial charge in [0.1, 0.15) is 0 Å². The van der Waals surface area contributed by atoms with Crippen molar-refractivity contribution in [3.8, 4) is 0 Å². The van der Waals surface area contributed by atoms with E-state index in [9.17, 15) is 0 Å². The molecule has 0 radical (unpaired) electrons. The molecule has 2 atom stereocenters. The Labute approximate surface area is 86.4 Å². The minimum atomic E-state index is 0.696. The minimum absolute atomic E-state index is 0.696. The van der Waals surface area contributed by atoms with Crippen molar-refractivity contribution in [2.24, 2.45) is 16.6 Å². The third-order valence-electron chi connectivity index (χ3n) is 3.77. The summed E-state index contributed by atoms with van der Waals surface area (Å²) in [6, 6.07) is 0.696. The summed E-state index contributed by atoms with van der Waals surface area (Å²) in [6.45, 7) is 1.12. The molecule has 1 aliphatic heterocycles. The van der Waals surface area contributed by atoms with Crippen LogP contribution in [0.3, 0.4) is 0 Å². The number of nitrogens with two attached hydrogens (primary N) is 1. The summed E-state index contributed by atoms with van der Waals surface area (Å²) in [5.74, 6) is 1.64. The van der Waals surface area contributed by atoms with Crippen LogP contribution in [-0.2, 0) is 0 Å². The standard InChI is InChI=1S/C11H21N3/c1-13-11(12)14-8-4-6-9-5-2-3-7-10(9)14/h9-10H,2-8H2,1H3,(H2,12,13)/t9-,10-/m0/s1. The fourth-order valence-corrected chi connectivity index (χ4v) is 3.04. The van der Waals surface area contributed by atoms with E-state index < -0.39 is 0 Å². The van der Waals surface area contributed by atoms with Crippen molar-refractivity contribution in [3.63, 3.8) is 0 Å². The van der Waals surface area contributed by atoms with E-state index in [-0.39, 0.29) is 0 Å². The van der Waals surface area contributed by atoms with Crippen LogP contribution in [0.4, 0.5) is 0 Å². The molecule has 0 spiro atoms. The fraction of sp³-hybridized carbons (Fsp3) is 0.909. The Balaban J connectivity index is 2.08. The molecule has 2 rings (SSSR count). The first-order chi connectivity index (χ1) is 6.83. The molecule has 2 N–H and O–H groups in total. The molecule has 80 valence electrons. The zero-order valence-electron chi connectivity index (χ0n) is 9.08. The second kappa shape index (κ2) is 4.20. The molecular weight excluding hydrogens is 174 g/mol. The van der Waals surface area contributed by atoms with Crippen LogP contribution < -0.4 is 5.73 Å². The van der Waals surface area contributed by atoms with Crippen LogP contribution >= 0.6 is 0 Å². The Morgan fingerprint density at radius 1 is 1.21 bits per heavy atom. The Hall–Kier alpha value is -0.730. The van der Waals surface area contributed by atoms with Gasteiger partial charge in [0.05, 0.1) is 0 Å². The Morgan fingerprint density at radius 2 is 1.93 bits per heavy atom. The number of hydrogen-bond donors (Lipinski definition) is 1. The maximum atomic E-state index is 5.93. The zero-order chi connectivity index (χ0) is 9.97. The zero-order valence-corrected chi connectivity index (χ0v) is 9.08. The number of hydrogen-bond acceptors (Lipinski definition) is 1. The van der Waals surface area contributed by atoms with Gasteiger partial charge < -0.3 is 10.6 Å². The Morgan fingerprint density at radius 3 is 2.71 bits per heavy atom. The second-order valence-corrected chi connectivity index (χ2v) is 4.53. The van der Waals surface area contributed by atoms with Crippen LogP contribution in [0.5, 0.6) is 0 Å². The van der Waals surface area contributed by atoms with E-state index >= 15 is 0 Å². The van der Waals surface area contributed by atoms with E-state index in [1.54, 1.807) is 7.05 Å². The summed E-state index contributed by atoms with van der Waals surface area (Å²) in [5.41, 5.74) is 5.93. The molecule has 1 saturated heterocycles. The van der Waals surface area contributed by atoms with Gasteiger partial charge in [-0.15, -0.1) is 0 Å². The minimum Gasteiger partial charge on any atom is -0.370 e. The number of nitrogens with zero attached hydrogens (tertiary/aromatic N) is 2. The van der Waals surface area contributed by atoms with E-state index in [1.807, 2.05) is 0 Å². The molecule has 0 aromatic rings. The van der Waals surface area contributed by atoms with Gasteiger partial charge in [-0.3, -0.25) is 4.99 Å². The van der Waals surface area contributed by atoms with Crippen LogP contribution in [0.1, 0.15) is 38.5 Å². The first-order valence-electron chi connectivity index (χ1n) is 5.82. The van der Waals surface area contributed by atoms with Gasteiger partial charge in [0, 0.05) is 19.6 Å². The third-order valence-corrected chi connectivity index (χ3v) is 3.77. The quantitative estimate of drug-likeness (QED) is 0.471. The largest absolute Gasteiger partial charge is 0.370 e. The SMILES string of the molecule is CN=C(N)N1CCC[C@@H]2CCCC[C@@H]21. The van der Waals surface area contributed by atoms with Gasteiger partial charge in [-0.2, -0.15) is 0 Å². The average Bonchev–Trinajstić information content (AvgIpc) is 2.27. The molecule has 0 unspecified atom stereocenters. The predicted molar refractivity (Wildman–Crippen MR) is 59.2 cm³/mol. The first kappa shape index (κ1) is 9.81. The summed E-state index contributed by atoms with van der Waals surface area (Å²) in [7, 11) is 1.79. The molecule has 1 saturated carbocycles. The van der Waals surface area contributed by atoms with Crippen LogP contribution in [0.25, 0.3) is 0 Å². The van der Waals surface area contributed by atoms with Crippen molar-refractivity contribution in [1.29, 1.82) is 0 Å². The maximum Gasteiger partial charge on any atom is 0.191 e. The van der Waals surface area contributed by atoms with Gasteiger partial charge in [0.25, 0.3) is 0 Å². The van der Waals surface area contributed by atoms with Crippen LogP contribution in [0.15, 0.2) is 4.99 Å². The van der Waals surface area contributed by atoms with Crippen molar-refractivity contribution in [2.75, 3.05) is 13.6 Å². The Kier molecular flexibility index (Phi) is 2.94. The molecule has 1 aliphatic carbocycles.